The molecule has 0 saturated carbocycles. The lowest BCUT2D eigenvalue weighted by Gasteiger charge is -2.17. The van der Waals surface area contributed by atoms with Crippen molar-refractivity contribution in [1.29, 1.82) is 0 Å². The molecule has 4 aromatic carbocycles. The summed E-state index contributed by atoms with van der Waals surface area (Å²) >= 11 is 0. The Morgan fingerprint density at radius 3 is 1.29 bits per heavy atom. The molecule has 2 N–H and O–H groups in total. The largest absolute Gasteiger partial charge is 0.508 e. The average molecular weight is 819 g/mol. The van der Waals surface area contributed by atoms with Gasteiger partial charge in [-0.25, -0.2) is 19.2 Å². The van der Waals surface area contributed by atoms with Crippen LogP contribution in [-0.2, 0) is 73.7 Å². The molecule has 4 aromatic rings. The number of aromatic hydroxyl groups is 1. The molecule has 0 aliphatic heterocycles. The lowest BCUT2D eigenvalue weighted by molar-refractivity contribution is -0.157. The van der Waals surface area contributed by atoms with Gasteiger partial charge < -0.3 is 43.4 Å². The van der Waals surface area contributed by atoms with Crippen LogP contribution in [0.3, 0.4) is 0 Å². The van der Waals surface area contributed by atoms with Gasteiger partial charge in [-0.15, -0.1) is 0 Å². The summed E-state index contributed by atoms with van der Waals surface area (Å²) in [6, 6.07) is 32.7. The van der Waals surface area contributed by atoms with Crippen molar-refractivity contribution in [3.63, 3.8) is 0 Å². The molecule has 0 aliphatic carbocycles. The summed E-state index contributed by atoms with van der Waals surface area (Å²) in [5, 5.41) is 18.0. The predicted octanol–water partition coefficient (Wildman–Crippen LogP) is 6.72. The Morgan fingerprint density at radius 2 is 0.898 bits per heavy atom. The summed E-state index contributed by atoms with van der Waals surface area (Å²) in [6.45, 7) is 12.2. The first-order chi connectivity index (χ1) is 28.4. The maximum atomic E-state index is 12.1. The highest BCUT2D eigenvalue weighted by Gasteiger charge is 2.22. The van der Waals surface area contributed by atoms with Crippen LogP contribution in [0.5, 0.6) is 11.5 Å². The molecule has 0 saturated heterocycles. The Balaban J connectivity index is 0.000000337. The number of hydrogen-bond donors (Lipinski definition) is 2. The van der Waals surface area contributed by atoms with Gasteiger partial charge in [0, 0.05) is 26.1 Å². The van der Waals surface area contributed by atoms with Crippen LogP contribution in [0.1, 0.15) is 63.8 Å². The zero-order valence-corrected chi connectivity index (χ0v) is 34.7. The van der Waals surface area contributed by atoms with Crippen LogP contribution in [0.4, 0.5) is 0 Å². The normalized spacial score (nSPS) is 12.4. The molecule has 59 heavy (non-hydrogen) atoms. The Morgan fingerprint density at radius 1 is 0.492 bits per heavy atom. The summed E-state index contributed by atoms with van der Waals surface area (Å²) in [7, 11) is 0. The number of hydrogen-bond acceptors (Lipinski definition) is 13. The number of phenols is 1. The summed E-state index contributed by atoms with van der Waals surface area (Å²) in [6.07, 6.45) is -2.15. The van der Waals surface area contributed by atoms with Gasteiger partial charge in [-0.05, 0) is 88.1 Å². The fourth-order valence-corrected chi connectivity index (χ4v) is 5.01. The molecule has 0 heterocycles. The molecule has 0 radical (unpaired) electrons. The summed E-state index contributed by atoms with van der Waals surface area (Å²) in [5.41, 5.74) is 3.66. The predicted molar refractivity (Wildman–Crippen MR) is 220 cm³/mol. The second-order valence-corrected chi connectivity index (χ2v) is 12.7. The average Bonchev–Trinajstić information content (AvgIpc) is 3.24. The summed E-state index contributed by atoms with van der Waals surface area (Å²) < 4.78 is 36.6. The molecule has 4 atom stereocenters. The lowest BCUT2D eigenvalue weighted by Crippen LogP contribution is -2.29. The van der Waals surface area contributed by atoms with E-state index in [1.54, 1.807) is 57.2 Å². The molecule has 0 bridgehead atoms. The molecule has 4 rings (SSSR count). The summed E-state index contributed by atoms with van der Waals surface area (Å²) in [4.78, 5) is 46.5. The number of ether oxygens (including phenoxy) is 7. The molecule has 13 nitrogen and oxygen atoms in total. The fraction of sp³-hybridized carbons (Fsp3) is 0.391. The standard InChI is InChI=1S/C23H28O6.C13H18O4.C10H12O3/c1-4-26-21(23(25)27-5-2)15-18-11-13-20(14-12-18)29-17(3)22(24)28-16-19-9-7-6-8-10-19;1-3-16-12(13(15)17-4-2)9-10-5-7-11(14)8-6-10;1-8(11)10(12)13-7-9-5-3-2-4-6-9/h6-14,17,21H,4-5,15-16H2,1-3H3;5-8,12,14H,3-4,9H2,1-2H3;2-6,8,11H,7H2,1H3/t17-,21+;12-;8-/m100/s1. The Kier molecular flexibility index (Phi) is 23.9. The number of carbonyl (C=O) groups is 4. The van der Waals surface area contributed by atoms with Crippen LogP contribution in [0.25, 0.3) is 0 Å². The SMILES string of the molecule is CCOC(=O)[C@H](Cc1ccc(O)cc1)OCC.CCOC(=O)[C@H](Cc1ccc(O[C@H](C)C(=O)OCc2ccccc2)cc1)OCC.C[C@H](O)C(=O)OCc1ccccc1. The number of esters is 4. The minimum absolute atomic E-state index is 0.206. The van der Waals surface area contributed by atoms with Crippen LogP contribution >= 0.6 is 0 Å². The first-order valence-electron chi connectivity index (χ1n) is 19.6. The molecule has 0 aliphatic rings. The van der Waals surface area contributed by atoms with E-state index in [4.69, 9.17) is 43.4 Å². The van der Waals surface area contributed by atoms with Gasteiger partial charge in [-0.1, -0.05) is 84.9 Å². The van der Waals surface area contributed by atoms with Crippen LogP contribution in [0.15, 0.2) is 109 Å². The van der Waals surface area contributed by atoms with E-state index in [0.29, 0.717) is 45.0 Å². The van der Waals surface area contributed by atoms with Crippen molar-refractivity contribution in [3.05, 3.63) is 131 Å². The molecule has 0 unspecified atom stereocenters. The molecule has 0 spiro atoms. The zero-order valence-electron chi connectivity index (χ0n) is 34.7. The first-order valence-corrected chi connectivity index (χ1v) is 19.6. The quantitative estimate of drug-likeness (QED) is 0.0712. The van der Waals surface area contributed by atoms with Gasteiger partial charge in [-0.3, -0.25) is 0 Å². The van der Waals surface area contributed by atoms with E-state index in [1.165, 1.54) is 6.92 Å². The van der Waals surface area contributed by atoms with Crippen LogP contribution in [0, 0.1) is 0 Å². The van der Waals surface area contributed by atoms with Crippen molar-refractivity contribution in [1.82, 2.24) is 0 Å². The number of rotatable bonds is 20. The van der Waals surface area contributed by atoms with Gasteiger partial charge in [0.2, 0.25) is 0 Å². The van der Waals surface area contributed by atoms with Gasteiger partial charge >= 0.3 is 23.9 Å². The monoisotopic (exact) mass is 818 g/mol. The van der Waals surface area contributed by atoms with E-state index < -0.39 is 36.4 Å². The minimum Gasteiger partial charge on any atom is -0.508 e. The van der Waals surface area contributed by atoms with E-state index in [-0.39, 0.29) is 30.9 Å². The third-order valence-corrected chi connectivity index (χ3v) is 7.97. The number of aliphatic hydroxyl groups excluding tert-OH is 1. The topological polar surface area (TPSA) is 173 Å². The van der Waals surface area contributed by atoms with Gasteiger partial charge in [0.1, 0.15) is 30.8 Å². The van der Waals surface area contributed by atoms with Crippen molar-refractivity contribution in [2.45, 2.75) is 92.0 Å². The third-order valence-electron chi connectivity index (χ3n) is 7.97. The highest BCUT2D eigenvalue weighted by atomic mass is 16.6. The minimum atomic E-state index is -1.05. The van der Waals surface area contributed by atoms with Crippen LogP contribution in [0.2, 0.25) is 0 Å². The molecule has 0 amide bonds. The Labute approximate surface area is 347 Å². The number of phenolic OH excluding ortho intramolecular Hbond substituents is 1. The van der Waals surface area contributed by atoms with Gasteiger partial charge in [0.25, 0.3) is 0 Å². The fourth-order valence-electron chi connectivity index (χ4n) is 5.01. The number of carbonyl (C=O) groups excluding carboxylic acids is 4. The molecule has 13 heteroatoms. The van der Waals surface area contributed by atoms with Gasteiger partial charge in [0.05, 0.1) is 13.2 Å². The first kappa shape index (κ1) is 49.4. The summed E-state index contributed by atoms with van der Waals surface area (Å²) in [5.74, 6) is -0.993. The second-order valence-electron chi connectivity index (χ2n) is 12.7. The highest BCUT2D eigenvalue weighted by Crippen LogP contribution is 2.17. The van der Waals surface area contributed by atoms with Crippen molar-refractivity contribution >= 4 is 23.9 Å². The second kappa shape index (κ2) is 28.6. The van der Waals surface area contributed by atoms with Crippen molar-refractivity contribution in [2.75, 3.05) is 26.4 Å². The van der Waals surface area contributed by atoms with E-state index in [0.717, 1.165) is 22.3 Å². The Hall–Kier alpha value is -5.76. The third kappa shape index (κ3) is 20.5. The molecule has 320 valence electrons. The van der Waals surface area contributed by atoms with Gasteiger partial charge in [-0.2, -0.15) is 0 Å². The van der Waals surface area contributed by atoms with Crippen LogP contribution in [-0.4, -0.2) is 84.9 Å². The maximum Gasteiger partial charge on any atom is 0.347 e. The number of aliphatic hydroxyl groups is 1. The molecule has 0 aromatic heterocycles. The lowest BCUT2D eigenvalue weighted by atomic mass is 10.1. The molecular formula is C46H58O13. The van der Waals surface area contributed by atoms with Crippen molar-refractivity contribution in [3.8, 4) is 11.5 Å². The van der Waals surface area contributed by atoms with Crippen molar-refractivity contribution in [2.24, 2.45) is 0 Å². The zero-order chi connectivity index (χ0) is 43.4. The van der Waals surface area contributed by atoms with Gasteiger partial charge in [0.15, 0.2) is 18.3 Å². The molecular weight excluding hydrogens is 760 g/mol. The number of benzene rings is 4. The van der Waals surface area contributed by atoms with E-state index in [9.17, 15) is 19.2 Å². The van der Waals surface area contributed by atoms with E-state index in [1.807, 2.05) is 86.6 Å². The van der Waals surface area contributed by atoms with Crippen molar-refractivity contribution < 1.29 is 62.5 Å². The highest BCUT2D eigenvalue weighted by molar-refractivity contribution is 5.76. The Bertz CT molecular complexity index is 1760. The van der Waals surface area contributed by atoms with E-state index >= 15 is 0 Å². The maximum absolute atomic E-state index is 12.1. The molecule has 0 fully saturated rings. The van der Waals surface area contributed by atoms with Crippen LogP contribution < -0.4 is 4.74 Å². The van der Waals surface area contributed by atoms with E-state index in [2.05, 4.69) is 0 Å². The smallest absolute Gasteiger partial charge is 0.347 e.